The number of hydrogen-bond acceptors (Lipinski definition) is 3. The molecule has 0 bridgehead atoms. The van der Waals surface area contributed by atoms with Gasteiger partial charge >= 0.3 is 0 Å². The lowest BCUT2D eigenvalue weighted by Crippen LogP contribution is -2.44. The Labute approximate surface area is 165 Å². The second-order valence-corrected chi connectivity index (χ2v) is 7.64. The molecule has 1 unspecified atom stereocenters. The van der Waals surface area contributed by atoms with Gasteiger partial charge in [0.05, 0.1) is 7.11 Å². The van der Waals surface area contributed by atoms with Crippen LogP contribution in [0.3, 0.4) is 0 Å². The van der Waals surface area contributed by atoms with E-state index in [0.29, 0.717) is 5.69 Å². The molecule has 1 aromatic heterocycles. The number of methoxy groups -OCH3 is 1. The van der Waals surface area contributed by atoms with Gasteiger partial charge in [-0.25, -0.2) is 0 Å². The van der Waals surface area contributed by atoms with Crippen LogP contribution in [0.15, 0.2) is 48.5 Å². The molecule has 1 aliphatic heterocycles. The maximum atomic E-state index is 12.9. The molecule has 0 fully saturated rings. The average molecular weight is 377 g/mol. The van der Waals surface area contributed by atoms with Crippen LogP contribution in [0.4, 0.5) is 0 Å². The van der Waals surface area contributed by atoms with Gasteiger partial charge in [-0.15, -0.1) is 0 Å². The minimum atomic E-state index is -0.0393. The first-order valence-electron chi connectivity index (χ1n) is 9.78. The minimum absolute atomic E-state index is 0.0393. The second-order valence-electron chi connectivity index (χ2n) is 7.64. The smallest absolute Gasteiger partial charge is 0.268 e. The van der Waals surface area contributed by atoms with Gasteiger partial charge in [0.2, 0.25) is 0 Å². The van der Waals surface area contributed by atoms with Crippen LogP contribution < -0.4 is 10.1 Å². The predicted octanol–water partition coefficient (Wildman–Crippen LogP) is 3.36. The molecule has 4 rings (SSSR count). The fraction of sp³-hybridized carbons (Fsp3) is 0.348. The van der Waals surface area contributed by atoms with Crippen LogP contribution in [-0.4, -0.2) is 41.6 Å². The van der Waals surface area contributed by atoms with Crippen molar-refractivity contribution in [3.8, 4) is 5.75 Å². The van der Waals surface area contributed by atoms with Gasteiger partial charge < -0.3 is 14.6 Å². The largest absolute Gasteiger partial charge is 0.497 e. The first-order valence-corrected chi connectivity index (χ1v) is 9.78. The molecule has 5 heteroatoms. The molecule has 2 heterocycles. The van der Waals surface area contributed by atoms with Crippen molar-refractivity contribution in [2.24, 2.45) is 7.05 Å². The van der Waals surface area contributed by atoms with E-state index in [1.807, 2.05) is 35.9 Å². The van der Waals surface area contributed by atoms with Crippen LogP contribution in [0.1, 0.15) is 28.5 Å². The summed E-state index contributed by atoms with van der Waals surface area (Å²) < 4.78 is 7.23. The summed E-state index contributed by atoms with van der Waals surface area (Å²) in [6.07, 6.45) is 1.07. The average Bonchev–Trinajstić information content (AvgIpc) is 3.03. The standard InChI is InChI=1S/C23H27N3O2/c1-16(14-26-11-10-17-6-4-5-7-18(17)15-26)24-23(27)22-13-19-12-20(28-3)8-9-21(19)25(22)2/h4-9,12-13,16H,10-11,14-15H2,1-3H3,(H,24,27). The van der Waals surface area contributed by atoms with Crippen LogP contribution in [-0.2, 0) is 20.0 Å². The van der Waals surface area contributed by atoms with Gasteiger partial charge in [-0.2, -0.15) is 0 Å². The van der Waals surface area contributed by atoms with Gasteiger partial charge in [0.25, 0.3) is 5.91 Å². The molecule has 0 radical (unpaired) electrons. The first-order chi connectivity index (χ1) is 13.5. The number of fused-ring (bicyclic) bond motifs is 2. The van der Waals surface area contributed by atoms with Gasteiger partial charge in [0, 0.05) is 43.6 Å². The highest BCUT2D eigenvalue weighted by Crippen LogP contribution is 2.24. The van der Waals surface area contributed by atoms with E-state index < -0.39 is 0 Å². The van der Waals surface area contributed by atoms with Crippen LogP contribution in [0.5, 0.6) is 5.75 Å². The summed E-state index contributed by atoms with van der Waals surface area (Å²) in [6, 6.07) is 16.5. The van der Waals surface area contributed by atoms with Crippen molar-refractivity contribution in [3.05, 3.63) is 65.4 Å². The van der Waals surface area contributed by atoms with Crippen LogP contribution in [0.2, 0.25) is 0 Å². The number of aromatic nitrogens is 1. The van der Waals surface area contributed by atoms with E-state index in [1.165, 1.54) is 11.1 Å². The van der Waals surface area contributed by atoms with Crippen molar-refractivity contribution < 1.29 is 9.53 Å². The zero-order valence-corrected chi connectivity index (χ0v) is 16.7. The van der Waals surface area contributed by atoms with E-state index in [9.17, 15) is 4.79 Å². The van der Waals surface area contributed by atoms with Crippen molar-refractivity contribution >= 4 is 16.8 Å². The molecule has 3 aromatic rings. The number of ether oxygens (including phenoxy) is 1. The Hall–Kier alpha value is -2.79. The van der Waals surface area contributed by atoms with E-state index >= 15 is 0 Å². The lowest BCUT2D eigenvalue weighted by Gasteiger charge is -2.31. The summed E-state index contributed by atoms with van der Waals surface area (Å²) in [6.45, 7) is 4.90. The molecule has 1 amide bonds. The van der Waals surface area contributed by atoms with Gasteiger partial charge in [-0.1, -0.05) is 24.3 Å². The van der Waals surface area contributed by atoms with E-state index in [0.717, 1.165) is 42.7 Å². The summed E-state index contributed by atoms with van der Waals surface area (Å²) in [5, 5.41) is 4.17. The highest BCUT2D eigenvalue weighted by atomic mass is 16.5. The third kappa shape index (κ3) is 3.62. The van der Waals surface area contributed by atoms with Crippen LogP contribution >= 0.6 is 0 Å². The van der Waals surface area contributed by atoms with E-state index in [4.69, 9.17) is 4.74 Å². The molecule has 5 nitrogen and oxygen atoms in total. The number of aryl methyl sites for hydroxylation is 1. The third-order valence-corrected chi connectivity index (χ3v) is 5.60. The maximum Gasteiger partial charge on any atom is 0.268 e. The predicted molar refractivity (Wildman–Crippen MR) is 112 cm³/mol. The van der Waals surface area contributed by atoms with Crippen molar-refractivity contribution in [1.29, 1.82) is 0 Å². The van der Waals surface area contributed by atoms with Crippen LogP contribution in [0.25, 0.3) is 10.9 Å². The molecule has 0 aliphatic carbocycles. The molecule has 0 saturated heterocycles. The summed E-state index contributed by atoms with van der Waals surface area (Å²) in [5.74, 6) is 0.756. The molecule has 2 aromatic carbocycles. The number of rotatable bonds is 5. The summed E-state index contributed by atoms with van der Waals surface area (Å²) >= 11 is 0. The number of nitrogens with one attached hydrogen (secondary N) is 1. The second kappa shape index (κ2) is 7.68. The summed E-state index contributed by atoms with van der Waals surface area (Å²) in [7, 11) is 3.58. The van der Waals surface area contributed by atoms with Gasteiger partial charge in [-0.05, 0) is 48.7 Å². The van der Waals surface area contributed by atoms with Crippen molar-refractivity contribution in [2.75, 3.05) is 20.2 Å². The Bertz CT molecular complexity index is 1010. The zero-order chi connectivity index (χ0) is 19.7. The Morgan fingerprint density at radius 1 is 1.18 bits per heavy atom. The first kappa shape index (κ1) is 18.6. The lowest BCUT2D eigenvalue weighted by atomic mass is 10.00. The fourth-order valence-corrected chi connectivity index (χ4v) is 4.11. The Morgan fingerprint density at radius 3 is 2.75 bits per heavy atom. The third-order valence-electron chi connectivity index (χ3n) is 5.60. The van der Waals surface area contributed by atoms with E-state index in [1.54, 1.807) is 7.11 Å². The Morgan fingerprint density at radius 2 is 1.96 bits per heavy atom. The van der Waals surface area contributed by atoms with E-state index in [-0.39, 0.29) is 11.9 Å². The van der Waals surface area contributed by atoms with Crippen molar-refractivity contribution in [1.82, 2.24) is 14.8 Å². The fourth-order valence-electron chi connectivity index (χ4n) is 4.11. The highest BCUT2D eigenvalue weighted by Gasteiger charge is 2.20. The van der Waals surface area contributed by atoms with Gasteiger partial charge in [-0.3, -0.25) is 9.69 Å². The number of hydrogen-bond donors (Lipinski definition) is 1. The SMILES string of the molecule is COc1ccc2c(c1)cc(C(=O)NC(C)CN1CCc3ccccc3C1)n2C. The molecule has 146 valence electrons. The molecule has 0 saturated carbocycles. The topological polar surface area (TPSA) is 46.5 Å². The number of carbonyl (C=O) groups excluding carboxylic acids is 1. The molecule has 0 spiro atoms. The molecule has 28 heavy (non-hydrogen) atoms. The quantitative estimate of drug-likeness (QED) is 0.742. The minimum Gasteiger partial charge on any atom is -0.497 e. The number of nitrogens with zero attached hydrogens (tertiary/aromatic N) is 2. The Balaban J connectivity index is 1.42. The lowest BCUT2D eigenvalue weighted by molar-refractivity contribution is 0.0919. The number of benzene rings is 2. The van der Waals surface area contributed by atoms with Crippen molar-refractivity contribution in [3.63, 3.8) is 0 Å². The molecular weight excluding hydrogens is 350 g/mol. The van der Waals surface area contributed by atoms with Gasteiger partial charge in [0.15, 0.2) is 0 Å². The molecule has 1 atom stereocenters. The molecular formula is C23H27N3O2. The zero-order valence-electron chi connectivity index (χ0n) is 16.7. The Kier molecular flexibility index (Phi) is 5.09. The maximum absolute atomic E-state index is 12.9. The number of amides is 1. The monoisotopic (exact) mass is 377 g/mol. The summed E-state index contributed by atoms with van der Waals surface area (Å²) in [5.41, 5.74) is 4.53. The van der Waals surface area contributed by atoms with E-state index in [2.05, 4.69) is 41.4 Å². The molecule has 1 aliphatic rings. The molecule has 1 N–H and O–H groups in total. The normalized spacial score (nSPS) is 15.2. The van der Waals surface area contributed by atoms with Crippen LogP contribution in [0, 0.1) is 0 Å². The summed E-state index contributed by atoms with van der Waals surface area (Å²) in [4.78, 5) is 15.3. The van der Waals surface area contributed by atoms with Gasteiger partial charge in [0.1, 0.15) is 11.4 Å². The number of carbonyl (C=O) groups is 1. The highest BCUT2D eigenvalue weighted by molar-refractivity contribution is 5.99. The van der Waals surface area contributed by atoms with Crippen molar-refractivity contribution in [2.45, 2.75) is 25.9 Å².